The van der Waals surface area contributed by atoms with Crippen molar-refractivity contribution in [3.8, 4) is 0 Å². The molecule has 7 heteroatoms. The van der Waals surface area contributed by atoms with Gasteiger partial charge in [0, 0.05) is 25.5 Å². The molecule has 0 bridgehead atoms. The van der Waals surface area contributed by atoms with E-state index in [-0.39, 0.29) is 18.0 Å². The van der Waals surface area contributed by atoms with E-state index in [1.54, 1.807) is 6.20 Å². The predicted molar refractivity (Wildman–Crippen MR) is 73.8 cm³/mol. The van der Waals surface area contributed by atoms with Crippen molar-refractivity contribution < 1.29 is 18.3 Å². The van der Waals surface area contributed by atoms with Gasteiger partial charge in [-0.2, -0.15) is 4.31 Å². The molecule has 1 aromatic rings. The fraction of sp³-hybridized carbons (Fsp3) is 0.615. The molecule has 0 aromatic carbocycles. The van der Waals surface area contributed by atoms with Gasteiger partial charge in [-0.3, -0.25) is 4.79 Å². The molecule has 0 saturated carbocycles. The van der Waals surface area contributed by atoms with Crippen LogP contribution in [0.2, 0.25) is 0 Å². The van der Waals surface area contributed by atoms with Crippen LogP contribution in [0.4, 0.5) is 0 Å². The normalized spacial score (nSPS) is 19.9. The van der Waals surface area contributed by atoms with Crippen LogP contribution in [0, 0.1) is 5.41 Å². The fourth-order valence-corrected chi connectivity index (χ4v) is 4.24. The first-order valence-corrected chi connectivity index (χ1v) is 8.23. The summed E-state index contributed by atoms with van der Waals surface area (Å²) in [4.78, 5) is 14.4. The number of carboxylic acid groups (broad SMARTS) is 1. The lowest BCUT2D eigenvalue weighted by atomic mass is 9.75. The molecule has 0 spiro atoms. The van der Waals surface area contributed by atoms with Gasteiger partial charge >= 0.3 is 5.97 Å². The summed E-state index contributed by atoms with van der Waals surface area (Å²) in [7, 11) is -3.50. The summed E-state index contributed by atoms with van der Waals surface area (Å²) < 4.78 is 26.1. The van der Waals surface area contributed by atoms with Crippen LogP contribution >= 0.6 is 0 Å². The summed E-state index contributed by atoms with van der Waals surface area (Å²) in [6, 6.07) is 1.51. The average Bonchev–Trinajstić information content (AvgIpc) is 2.94. The van der Waals surface area contributed by atoms with E-state index in [4.69, 9.17) is 0 Å². The molecule has 2 N–H and O–H groups in total. The molecule has 0 amide bonds. The molecule has 2 heterocycles. The van der Waals surface area contributed by atoms with Gasteiger partial charge in [0.05, 0.1) is 10.3 Å². The van der Waals surface area contributed by atoms with Crippen molar-refractivity contribution in [2.24, 2.45) is 5.41 Å². The third-order valence-electron chi connectivity index (χ3n) is 4.07. The SMILES string of the molecule is CCCC1(C(=O)O)CCN(S(=O)(=O)c2cc[nH]c2)CC1. The van der Waals surface area contributed by atoms with Gasteiger partial charge in [0.1, 0.15) is 0 Å². The summed E-state index contributed by atoms with van der Waals surface area (Å²) >= 11 is 0. The van der Waals surface area contributed by atoms with Crippen LogP contribution in [-0.2, 0) is 14.8 Å². The summed E-state index contributed by atoms with van der Waals surface area (Å²) in [6.07, 6.45) is 5.15. The Morgan fingerprint density at radius 2 is 2.10 bits per heavy atom. The smallest absolute Gasteiger partial charge is 0.309 e. The largest absolute Gasteiger partial charge is 0.481 e. The Labute approximate surface area is 118 Å². The number of H-pyrrole nitrogens is 1. The predicted octanol–water partition coefficient (Wildman–Crippen LogP) is 1.67. The van der Waals surface area contributed by atoms with Crippen LogP contribution < -0.4 is 0 Å². The Kier molecular flexibility index (Phi) is 4.19. The standard InChI is InChI=1S/C13H20N2O4S/c1-2-4-13(12(16)17)5-8-15(9-6-13)20(18,19)11-3-7-14-10-11/h3,7,10,14H,2,4-6,8-9H2,1H3,(H,16,17). The Hall–Kier alpha value is -1.34. The van der Waals surface area contributed by atoms with Crippen molar-refractivity contribution in [2.75, 3.05) is 13.1 Å². The Bertz CT molecular complexity index is 557. The molecular weight excluding hydrogens is 280 g/mol. The first-order chi connectivity index (χ1) is 9.42. The zero-order chi connectivity index (χ0) is 14.8. The van der Waals surface area contributed by atoms with Gasteiger partial charge < -0.3 is 10.1 Å². The van der Waals surface area contributed by atoms with Gasteiger partial charge in [0.15, 0.2) is 0 Å². The number of aromatic amines is 1. The van der Waals surface area contributed by atoms with E-state index in [1.165, 1.54) is 16.6 Å². The van der Waals surface area contributed by atoms with Crippen molar-refractivity contribution in [1.82, 2.24) is 9.29 Å². The van der Waals surface area contributed by atoms with Crippen molar-refractivity contribution in [2.45, 2.75) is 37.5 Å². The summed E-state index contributed by atoms with van der Waals surface area (Å²) in [5.41, 5.74) is -0.765. The summed E-state index contributed by atoms with van der Waals surface area (Å²) in [5, 5.41) is 9.42. The molecule has 2 rings (SSSR count). The molecule has 1 saturated heterocycles. The highest BCUT2D eigenvalue weighted by Gasteiger charge is 2.43. The minimum absolute atomic E-state index is 0.232. The number of rotatable bonds is 5. The minimum Gasteiger partial charge on any atom is -0.481 e. The monoisotopic (exact) mass is 300 g/mol. The van der Waals surface area contributed by atoms with Crippen molar-refractivity contribution >= 4 is 16.0 Å². The van der Waals surface area contributed by atoms with Crippen LogP contribution in [0.25, 0.3) is 0 Å². The van der Waals surface area contributed by atoms with Gasteiger partial charge in [0.25, 0.3) is 0 Å². The van der Waals surface area contributed by atoms with Gasteiger partial charge in [0.2, 0.25) is 10.0 Å². The molecular formula is C13H20N2O4S. The topological polar surface area (TPSA) is 90.5 Å². The van der Waals surface area contributed by atoms with E-state index in [0.29, 0.717) is 19.3 Å². The third-order valence-corrected chi connectivity index (χ3v) is 5.96. The molecule has 1 fully saturated rings. The highest BCUT2D eigenvalue weighted by atomic mass is 32.2. The molecule has 1 aromatic heterocycles. The van der Waals surface area contributed by atoms with Gasteiger partial charge in [-0.1, -0.05) is 13.3 Å². The van der Waals surface area contributed by atoms with Crippen LogP contribution in [0.5, 0.6) is 0 Å². The Balaban J connectivity index is 2.13. The lowest BCUT2D eigenvalue weighted by Gasteiger charge is -2.38. The number of nitrogens with zero attached hydrogens (tertiary/aromatic N) is 1. The van der Waals surface area contributed by atoms with Gasteiger partial charge in [-0.25, -0.2) is 8.42 Å². The highest BCUT2D eigenvalue weighted by Crippen LogP contribution is 2.37. The number of nitrogens with one attached hydrogen (secondary N) is 1. The Morgan fingerprint density at radius 1 is 1.45 bits per heavy atom. The summed E-state index contributed by atoms with van der Waals surface area (Å²) in [6.45, 7) is 2.48. The lowest BCUT2D eigenvalue weighted by molar-refractivity contribution is -0.152. The quantitative estimate of drug-likeness (QED) is 0.865. The van der Waals surface area contributed by atoms with E-state index in [0.717, 1.165) is 6.42 Å². The second kappa shape index (κ2) is 5.57. The first-order valence-electron chi connectivity index (χ1n) is 6.79. The maximum absolute atomic E-state index is 12.3. The molecule has 1 aliphatic rings. The van der Waals surface area contributed by atoms with Crippen molar-refractivity contribution in [3.63, 3.8) is 0 Å². The molecule has 20 heavy (non-hydrogen) atoms. The third kappa shape index (κ3) is 2.60. The maximum atomic E-state index is 12.3. The van der Waals surface area contributed by atoms with Gasteiger partial charge in [-0.15, -0.1) is 0 Å². The van der Waals surface area contributed by atoms with Crippen LogP contribution in [-0.4, -0.2) is 41.9 Å². The number of carboxylic acids is 1. The zero-order valence-corrected chi connectivity index (χ0v) is 12.3. The second-order valence-corrected chi connectivity index (χ2v) is 7.22. The van der Waals surface area contributed by atoms with E-state index in [1.807, 2.05) is 6.92 Å². The maximum Gasteiger partial charge on any atom is 0.309 e. The highest BCUT2D eigenvalue weighted by molar-refractivity contribution is 7.89. The van der Waals surface area contributed by atoms with Gasteiger partial charge in [-0.05, 0) is 25.3 Å². The van der Waals surface area contributed by atoms with E-state index in [2.05, 4.69) is 4.98 Å². The molecule has 0 aliphatic carbocycles. The number of sulfonamides is 1. The molecule has 6 nitrogen and oxygen atoms in total. The van der Waals surface area contributed by atoms with Crippen LogP contribution in [0.15, 0.2) is 23.4 Å². The van der Waals surface area contributed by atoms with E-state index in [9.17, 15) is 18.3 Å². The molecule has 0 unspecified atom stereocenters. The van der Waals surface area contributed by atoms with Crippen LogP contribution in [0.3, 0.4) is 0 Å². The molecule has 0 atom stereocenters. The zero-order valence-electron chi connectivity index (χ0n) is 11.5. The number of piperidine rings is 1. The average molecular weight is 300 g/mol. The molecule has 0 radical (unpaired) electrons. The van der Waals surface area contributed by atoms with E-state index < -0.39 is 21.4 Å². The van der Waals surface area contributed by atoms with E-state index >= 15 is 0 Å². The number of hydrogen-bond donors (Lipinski definition) is 2. The second-order valence-electron chi connectivity index (χ2n) is 5.29. The molecule has 112 valence electrons. The Morgan fingerprint density at radius 3 is 2.55 bits per heavy atom. The fourth-order valence-electron chi connectivity index (χ4n) is 2.82. The molecule has 1 aliphatic heterocycles. The number of hydrogen-bond acceptors (Lipinski definition) is 3. The number of aromatic nitrogens is 1. The lowest BCUT2D eigenvalue weighted by Crippen LogP contribution is -2.46. The summed E-state index contributed by atoms with van der Waals surface area (Å²) in [5.74, 6) is -0.807. The minimum atomic E-state index is -3.50. The number of carbonyl (C=O) groups is 1. The number of aliphatic carboxylic acids is 1. The van der Waals surface area contributed by atoms with Crippen LogP contribution in [0.1, 0.15) is 32.6 Å². The van der Waals surface area contributed by atoms with Crippen molar-refractivity contribution in [1.29, 1.82) is 0 Å². The first kappa shape index (κ1) is 15.1. The van der Waals surface area contributed by atoms with Crippen molar-refractivity contribution in [3.05, 3.63) is 18.5 Å².